The summed E-state index contributed by atoms with van der Waals surface area (Å²) >= 11 is 0. The topological polar surface area (TPSA) is 92.8 Å². The van der Waals surface area contributed by atoms with Crippen molar-refractivity contribution in [3.05, 3.63) is 58.7 Å². The summed E-state index contributed by atoms with van der Waals surface area (Å²) in [5.74, 6) is -1.25. The molecule has 7 heteroatoms. The highest BCUT2D eigenvalue weighted by Gasteiger charge is 2.46. The van der Waals surface area contributed by atoms with Gasteiger partial charge in [0.25, 0.3) is 11.8 Å². The number of rotatable bonds is 3. The number of fused-ring (bicyclic) bond motifs is 2. The third-order valence-corrected chi connectivity index (χ3v) is 5.73. The molecule has 2 aliphatic heterocycles. The van der Waals surface area contributed by atoms with Gasteiger partial charge >= 0.3 is 0 Å². The molecule has 29 heavy (non-hydrogen) atoms. The molecule has 5 rings (SSSR count). The monoisotopic (exact) mass is 390 g/mol. The number of aryl methyl sites for hydroxylation is 2. The second-order valence-corrected chi connectivity index (χ2v) is 7.51. The number of hydrogen-bond acceptors (Lipinski definition) is 5. The van der Waals surface area contributed by atoms with Gasteiger partial charge in [-0.15, -0.1) is 0 Å². The summed E-state index contributed by atoms with van der Waals surface area (Å²) in [6, 6.07) is 9.73. The number of carbonyl (C=O) groups is 4. The van der Waals surface area contributed by atoms with E-state index in [9.17, 15) is 19.2 Å². The number of amides is 4. The summed E-state index contributed by atoms with van der Waals surface area (Å²) in [5, 5.41) is 2.20. The molecule has 146 valence electrons. The van der Waals surface area contributed by atoms with Crippen molar-refractivity contribution in [2.45, 2.75) is 38.1 Å². The number of nitrogens with zero attached hydrogens (tertiary/aromatic N) is 1. The van der Waals surface area contributed by atoms with Crippen molar-refractivity contribution in [3.63, 3.8) is 0 Å². The van der Waals surface area contributed by atoms with Gasteiger partial charge in [0, 0.05) is 6.42 Å². The lowest BCUT2D eigenvalue weighted by Crippen LogP contribution is -2.54. The van der Waals surface area contributed by atoms with E-state index in [2.05, 4.69) is 5.32 Å². The van der Waals surface area contributed by atoms with Crippen LogP contribution in [0, 0.1) is 0 Å². The van der Waals surface area contributed by atoms with E-state index in [-0.39, 0.29) is 29.7 Å². The number of ether oxygens (including phenoxy) is 1. The molecule has 3 aliphatic rings. The molecule has 2 aromatic rings. The van der Waals surface area contributed by atoms with Gasteiger partial charge in [-0.25, -0.2) is 0 Å². The molecule has 0 radical (unpaired) electrons. The van der Waals surface area contributed by atoms with E-state index in [4.69, 9.17) is 4.74 Å². The average Bonchev–Trinajstić information content (AvgIpc) is 3.26. The predicted molar refractivity (Wildman–Crippen MR) is 102 cm³/mol. The Morgan fingerprint density at radius 3 is 2.59 bits per heavy atom. The molecule has 1 N–H and O–H groups in total. The zero-order valence-electron chi connectivity index (χ0n) is 15.6. The molecular formula is C22H18N2O5. The zero-order valence-corrected chi connectivity index (χ0v) is 15.6. The third kappa shape index (κ3) is 2.81. The SMILES string of the molecule is O=C1CCC(N2C(=O)c3cccc(Oc4ccc5c(c4)CCC5)c3C2=O)C(=O)N1. The van der Waals surface area contributed by atoms with E-state index >= 15 is 0 Å². The Kier molecular flexibility index (Phi) is 3.97. The van der Waals surface area contributed by atoms with E-state index in [0.717, 1.165) is 24.2 Å². The van der Waals surface area contributed by atoms with E-state index in [1.54, 1.807) is 18.2 Å². The number of benzene rings is 2. The average molecular weight is 390 g/mol. The Balaban J connectivity index is 1.47. The first-order valence-corrected chi connectivity index (χ1v) is 9.67. The number of hydrogen-bond donors (Lipinski definition) is 1. The molecule has 1 atom stereocenters. The maximum Gasteiger partial charge on any atom is 0.266 e. The molecule has 0 bridgehead atoms. The molecule has 0 saturated carbocycles. The third-order valence-electron chi connectivity index (χ3n) is 5.73. The minimum absolute atomic E-state index is 0.0856. The van der Waals surface area contributed by atoms with Crippen LogP contribution in [0.1, 0.15) is 51.1 Å². The molecule has 7 nitrogen and oxygen atoms in total. The molecule has 2 heterocycles. The predicted octanol–water partition coefficient (Wildman–Crippen LogP) is 2.37. The van der Waals surface area contributed by atoms with Crippen LogP contribution in [0.3, 0.4) is 0 Å². The normalized spacial score (nSPS) is 20.6. The van der Waals surface area contributed by atoms with Crippen LogP contribution in [0.2, 0.25) is 0 Å². The molecule has 4 amide bonds. The molecule has 1 fully saturated rings. The highest BCUT2D eigenvalue weighted by Crippen LogP contribution is 2.36. The van der Waals surface area contributed by atoms with Crippen LogP contribution in [0.5, 0.6) is 11.5 Å². The number of imide groups is 2. The lowest BCUT2D eigenvalue weighted by Gasteiger charge is -2.27. The Hall–Kier alpha value is -3.48. The summed E-state index contributed by atoms with van der Waals surface area (Å²) in [5.41, 5.74) is 2.91. The van der Waals surface area contributed by atoms with Crippen molar-refractivity contribution in [1.82, 2.24) is 10.2 Å². The van der Waals surface area contributed by atoms with Crippen molar-refractivity contribution in [1.29, 1.82) is 0 Å². The maximum absolute atomic E-state index is 13.1. The van der Waals surface area contributed by atoms with Crippen LogP contribution in [-0.2, 0) is 22.4 Å². The quantitative estimate of drug-likeness (QED) is 0.813. The summed E-state index contributed by atoms with van der Waals surface area (Å²) < 4.78 is 5.99. The Labute approximate surface area is 166 Å². The van der Waals surface area contributed by atoms with Crippen molar-refractivity contribution >= 4 is 23.6 Å². The lowest BCUT2D eigenvalue weighted by atomic mass is 10.0. The largest absolute Gasteiger partial charge is 0.456 e. The standard InChI is InChI=1S/C22H18N2O5/c25-18-10-9-16(20(26)23-18)24-21(27)15-5-2-6-17(19(15)22(24)28)29-14-8-7-12-3-1-4-13(12)11-14/h2,5-8,11,16H,1,3-4,9-10H2,(H,23,25,26). The van der Waals surface area contributed by atoms with Gasteiger partial charge in [0.05, 0.1) is 11.1 Å². The van der Waals surface area contributed by atoms with Gasteiger partial charge in [-0.3, -0.25) is 29.4 Å². The van der Waals surface area contributed by atoms with E-state index in [0.29, 0.717) is 5.75 Å². The summed E-state index contributed by atoms with van der Waals surface area (Å²) in [6.45, 7) is 0. The van der Waals surface area contributed by atoms with Crippen LogP contribution >= 0.6 is 0 Å². The van der Waals surface area contributed by atoms with Crippen molar-refractivity contribution in [2.24, 2.45) is 0 Å². The highest BCUT2D eigenvalue weighted by molar-refractivity contribution is 6.24. The van der Waals surface area contributed by atoms with Gasteiger partial charge < -0.3 is 4.74 Å². The molecule has 1 unspecified atom stereocenters. The lowest BCUT2D eigenvalue weighted by molar-refractivity contribution is -0.136. The van der Waals surface area contributed by atoms with Crippen LogP contribution in [0.4, 0.5) is 0 Å². The van der Waals surface area contributed by atoms with Crippen LogP contribution in [0.15, 0.2) is 36.4 Å². The van der Waals surface area contributed by atoms with Gasteiger partial charge in [0.1, 0.15) is 17.5 Å². The minimum Gasteiger partial charge on any atom is -0.456 e. The second-order valence-electron chi connectivity index (χ2n) is 7.51. The molecule has 0 aromatic heterocycles. The Morgan fingerprint density at radius 1 is 0.931 bits per heavy atom. The Bertz CT molecular complexity index is 1090. The highest BCUT2D eigenvalue weighted by atomic mass is 16.5. The molecular weight excluding hydrogens is 372 g/mol. The molecule has 0 spiro atoms. The van der Waals surface area contributed by atoms with Gasteiger partial charge in [0.15, 0.2) is 0 Å². The number of carbonyl (C=O) groups excluding carboxylic acids is 4. The van der Waals surface area contributed by atoms with E-state index in [1.807, 2.05) is 18.2 Å². The summed E-state index contributed by atoms with van der Waals surface area (Å²) in [4.78, 5) is 50.5. The molecule has 2 aromatic carbocycles. The first kappa shape index (κ1) is 17.6. The van der Waals surface area contributed by atoms with Crippen molar-refractivity contribution < 1.29 is 23.9 Å². The van der Waals surface area contributed by atoms with Crippen molar-refractivity contribution in [2.75, 3.05) is 0 Å². The fourth-order valence-electron chi connectivity index (χ4n) is 4.31. The Morgan fingerprint density at radius 2 is 1.76 bits per heavy atom. The van der Waals surface area contributed by atoms with E-state index < -0.39 is 29.7 Å². The number of piperidine rings is 1. The summed E-state index contributed by atoms with van der Waals surface area (Å²) in [7, 11) is 0. The van der Waals surface area contributed by atoms with Crippen LogP contribution in [-0.4, -0.2) is 34.6 Å². The number of nitrogens with one attached hydrogen (secondary N) is 1. The first-order valence-electron chi connectivity index (χ1n) is 9.67. The molecule has 1 saturated heterocycles. The van der Waals surface area contributed by atoms with Crippen molar-refractivity contribution in [3.8, 4) is 11.5 Å². The zero-order chi connectivity index (χ0) is 20.1. The van der Waals surface area contributed by atoms with E-state index in [1.165, 1.54) is 11.1 Å². The van der Waals surface area contributed by atoms with Gasteiger partial charge in [-0.05, 0) is 61.1 Å². The van der Waals surface area contributed by atoms with Gasteiger partial charge in [0.2, 0.25) is 11.8 Å². The smallest absolute Gasteiger partial charge is 0.266 e. The van der Waals surface area contributed by atoms with Gasteiger partial charge in [-0.2, -0.15) is 0 Å². The first-order chi connectivity index (χ1) is 14.0. The fraction of sp³-hybridized carbons (Fsp3) is 0.273. The van der Waals surface area contributed by atoms with Crippen LogP contribution < -0.4 is 10.1 Å². The second kappa shape index (κ2) is 6.55. The summed E-state index contributed by atoms with van der Waals surface area (Å²) in [6.07, 6.45) is 3.39. The molecule has 1 aliphatic carbocycles. The van der Waals surface area contributed by atoms with Crippen LogP contribution in [0.25, 0.3) is 0 Å². The maximum atomic E-state index is 13.1. The minimum atomic E-state index is -0.993. The fourth-order valence-corrected chi connectivity index (χ4v) is 4.31. The van der Waals surface area contributed by atoms with Gasteiger partial charge in [-0.1, -0.05) is 12.1 Å².